The van der Waals surface area contributed by atoms with Gasteiger partial charge in [-0.2, -0.15) is 4.31 Å². The standard InChI is InChI=1S/C18H23N3O4S/c1-13-3-4-14(2)15(11-13)12-20-7-9-21(10-8-20)26(23,24)17-6-5-16(25-17)18(19)22/h3-6,11H,7-10,12H2,1-2H3,(H2,19,22). The molecule has 2 heterocycles. The first kappa shape index (κ1) is 18.6. The van der Waals surface area contributed by atoms with Crippen molar-refractivity contribution >= 4 is 15.9 Å². The summed E-state index contributed by atoms with van der Waals surface area (Å²) >= 11 is 0. The van der Waals surface area contributed by atoms with E-state index in [4.69, 9.17) is 10.2 Å². The minimum Gasteiger partial charge on any atom is -0.438 e. The highest BCUT2D eigenvalue weighted by Gasteiger charge is 2.31. The van der Waals surface area contributed by atoms with Gasteiger partial charge in [0.15, 0.2) is 5.76 Å². The first-order valence-corrected chi connectivity index (χ1v) is 9.89. The molecule has 2 N–H and O–H groups in total. The van der Waals surface area contributed by atoms with Gasteiger partial charge in [0.2, 0.25) is 5.09 Å². The molecule has 2 aromatic rings. The van der Waals surface area contributed by atoms with Crippen LogP contribution in [0.4, 0.5) is 0 Å². The van der Waals surface area contributed by atoms with E-state index in [-0.39, 0.29) is 10.9 Å². The van der Waals surface area contributed by atoms with E-state index in [0.29, 0.717) is 26.2 Å². The van der Waals surface area contributed by atoms with Crippen molar-refractivity contribution in [2.24, 2.45) is 5.73 Å². The third-order valence-corrected chi connectivity index (χ3v) is 6.42. The van der Waals surface area contributed by atoms with Crippen LogP contribution in [0.5, 0.6) is 0 Å². The predicted octanol–water partition coefficient (Wildman–Crippen LogP) is 1.50. The Balaban J connectivity index is 1.65. The minimum atomic E-state index is -3.75. The summed E-state index contributed by atoms with van der Waals surface area (Å²) in [7, 11) is -3.75. The summed E-state index contributed by atoms with van der Waals surface area (Å²) in [5, 5.41) is -0.241. The number of sulfonamides is 1. The molecule has 0 radical (unpaired) electrons. The minimum absolute atomic E-state index is 0.155. The Morgan fingerprint density at radius 3 is 2.42 bits per heavy atom. The molecule has 1 aromatic heterocycles. The lowest BCUT2D eigenvalue weighted by atomic mass is 10.1. The van der Waals surface area contributed by atoms with Crippen molar-refractivity contribution in [3.63, 3.8) is 0 Å². The Labute approximate surface area is 153 Å². The van der Waals surface area contributed by atoms with Crippen molar-refractivity contribution in [1.82, 2.24) is 9.21 Å². The second-order valence-electron chi connectivity index (χ2n) is 6.59. The number of carbonyl (C=O) groups is 1. The zero-order valence-corrected chi connectivity index (χ0v) is 15.8. The Morgan fingerprint density at radius 2 is 1.81 bits per heavy atom. The van der Waals surface area contributed by atoms with Gasteiger partial charge in [0, 0.05) is 32.7 Å². The Bertz CT molecular complexity index is 912. The fraction of sp³-hybridized carbons (Fsp3) is 0.389. The fourth-order valence-corrected chi connectivity index (χ4v) is 4.39. The van der Waals surface area contributed by atoms with Crippen LogP contribution in [0.1, 0.15) is 27.2 Å². The summed E-state index contributed by atoms with van der Waals surface area (Å²) in [6, 6.07) is 8.93. The summed E-state index contributed by atoms with van der Waals surface area (Å²) in [6.45, 7) is 6.97. The molecule has 1 fully saturated rings. The summed E-state index contributed by atoms with van der Waals surface area (Å²) < 4.78 is 31.8. The molecular weight excluding hydrogens is 354 g/mol. The van der Waals surface area contributed by atoms with Crippen molar-refractivity contribution in [3.05, 3.63) is 52.8 Å². The molecule has 1 aromatic carbocycles. The monoisotopic (exact) mass is 377 g/mol. The molecule has 140 valence electrons. The maximum absolute atomic E-state index is 12.6. The molecule has 0 saturated carbocycles. The molecule has 1 aliphatic rings. The van der Waals surface area contributed by atoms with E-state index in [1.807, 2.05) is 0 Å². The molecule has 0 atom stereocenters. The first-order valence-electron chi connectivity index (χ1n) is 8.45. The van der Waals surface area contributed by atoms with Crippen LogP contribution in [0.3, 0.4) is 0 Å². The molecule has 1 amide bonds. The van der Waals surface area contributed by atoms with Gasteiger partial charge in [-0.1, -0.05) is 23.8 Å². The first-order chi connectivity index (χ1) is 12.3. The van der Waals surface area contributed by atoms with E-state index < -0.39 is 15.9 Å². The SMILES string of the molecule is Cc1ccc(C)c(CN2CCN(S(=O)(=O)c3ccc(C(N)=O)o3)CC2)c1. The van der Waals surface area contributed by atoms with E-state index >= 15 is 0 Å². The number of nitrogens with zero attached hydrogens (tertiary/aromatic N) is 2. The second kappa shape index (κ2) is 7.22. The smallest absolute Gasteiger partial charge is 0.284 e. The van der Waals surface area contributed by atoms with Crippen LogP contribution in [0.15, 0.2) is 39.8 Å². The quantitative estimate of drug-likeness (QED) is 0.852. The number of primary amides is 1. The van der Waals surface area contributed by atoms with Gasteiger partial charge in [0.05, 0.1) is 0 Å². The fourth-order valence-electron chi connectivity index (χ4n) is 3.06. The van der Waals surface area contributed by atoms with Gasteiger partial charge in [0.25, 0.3) is 15.9 Å². The lowest BCUT2D eigenvalue weighted by Gasteiger charge is -2.33. The number of aryl methyl sites for hydroxylation is 2. The van der Waals surface area contributed by atoms with Crippen LogP contribution in [-0.4, -0.2) is 49.7 Å². The summed E-state index contributed by atoms with van der Waals surface area (Å²) in [4.78, 5) is 13.3. The van der Waals surface area contributed by atoms with Gasteiger partial charge < -0.3 is 10.2 Å². The molecule has 1 saturated heterocycles. The average molecular weight is 377 g/mol. The van der Waals surface area contributed by atoms with E-state index in [9.17, 15) is 13.2 Å². The second-order valence-corrected chi connectivity index (χ2v) is 8.46. The number of benzene rings is 1. The van der Waals surface area contributed by atoms with Crippen molar-refractivity contribution in [2.75, 3.05) is 26.2 Å². The van der Waals surface area contributed by atoms with Gasteiger partial charge in [-0.3, -0.25) is 9.69 Å². The van der Waals surface area contributed by atoms with E-state index in [1.165, 1.54) is 33.1 Å². The van der Waals surface area contributed by atoms with E-state index in [0.717, 1.165) is 6.54 Å². The Kier molecular flexibility index (Phi) is 5.17. The van der Waals surface area contributed by atoms with Crippen LogP contribution in [0.2, 0.25) is 0 Å². The number of hydrogen-bond acceptors (Lipinski definition) is 5. The van der Waals surface area contributed by atoms with E-state index in [2.05, 4.69) is 36.9 Å². The highest BCUT2D eigenvalue weighted by atomic mass is 32.2. The number of amides is 1. The highest BCUT2D eigenvalue weighted by molar-refractivity contribution is 7.89. The molecule has 26 heavy (non-hydrogen) atoms. The zero-order chi connectivity index (χ0) is 18.9. The largest absolute Gasteiger partial charge is 0.438 e. The Morgan fingerprint density at radius 1 is 1.12 bits per heavy atom. The van der Waals surface area contributed by atoms with Gasteiger partial charge in [-0.05, 0) is 37.1 Å². The number of furan rings is 1. The summed E-state index contributed by atoms with van der Waals surface area (Å²) in [5.74, 6) is -0.943. The predicted molar refractivity (Wildman–Crippen MR) is 97.2 cm³/mol. The third kappa shape index (κ3) is 3.82. The molecular formula is C18H23N3O4S. The zero-order valence-electron chi connectivity index (χ0n) is 14.9. The molecule has 3 rings (SSSR count). The molecule has 0 bridgehead atoms. The molecule has 0 aliphatic carbocycles. The van der Waals surface area contributed by atoms with Gasteiger partial charge in [-0.15, -0.1) is 0 Å². The molecule has 1 aliphatic heterocycles. The number of rotatable bonds is 5. The average Bonchev–Trinajstić information content (AvgIpc) is 3.10. The highest BCUT2D eigenvalue weighted by Crippen LogP contribution is 2.21. The molecule has 8 heteroatoms. The van der Waals surface area contributed by atoms with Crippen molar-refractivity contribution in [3.8, 4) is 0 Å². The molecule has 0 spiro atoms. The summed E-state index contributed by atoms with van der Waals surface area (Å²) in [5.41, 5.74) is 8.83. The molecule has 7 nitrogen and oxygen atoms in total. The van der Waals surface area contributed by atoms with Crippen LogP contribution in [-0.2, 0) is 16.6 Å². The third-order valence-electron chi connectivity index (χ3n) is 4.65. The maximum Gasteiger partial charge on any atom is 0.284 e. The maximum atomic E-state index is 12.6. The van der Waals surface area contributed by atoms with Gasteiger partial charge in [0.1, 0.15) is 0 Å². The number of piperazine rings is 1. The van der Waals surface area contributed by atoms with Crippen molar-refractivity contribution in [1.29, 1.82) is 0 Å². The number of hydrogen-bond donors (Lipinski definition) is 1. The van der Waals surface area contributed by atoms with Crippen molar-refractivity contribution in [2.45, 2.75) is 25.5 Å². The van der Waals surface area contributed by atoms with Crippen LogP contribution < -0.4 is 5.73 Å². The number of carbonyl (C=O) groups excluding carboxylic acids is 1. The normalized spacial score (nSPS) is 16.7. The van der Waals surface area contributed by atoms with Gasteiger partial charge in [-0.25, -0.2) is 8.42 Å². The van der Waals surface area contributed by atoms with Crippen LogP contribution in [0.25, 0.3) is 0 Å². The van der Waals surface area contributed by atoms with Gasteiger partial charge >= 0.3 is 0 Å². The van der Waals surface area contributed by atoms with Crippen LogP contribution in [0, 0.1) is 13.8 Å². The lowest BCUT2D eigenvalue weighted by molar-refractivity contribution is 0.0968. The van der Waals surface area contributed by atoms with E-state index in [1.54, 1.807) is 0 Å². The number of nitrogens with two attached hydrogens (primary N) is 1. The summed E-state index contributed by atoms with van der Waals surface area (Å²) in [6.07, 6.45) is 0. The Hall–Kier alpha value is -2.16. The van der Waals surface area contributed by atoms with Crippen molar-refractivity contribution < 1.29 is 17.6 Å². The topological polar surface area (TPSA) is 96.9 Å². The van der Waals surface area contributed by atoms with Crippen LogP contribution >= 0.6 is 0 Å². The molecule has 0 unspecified atom stereocenters. The lowest BCUT2D eigenvalue weighted by Crippen LogP contribution is -2.48.